The van der Waals surface area contributed by atoms with Crippen LogP contribution in [-0.4, -0.2) is 10.7 Å². The Balaban J connectivity index is 1.67. The van der Waals surface area contributed by atoms with E-state index in [1.165, 1.54) is 11.3 Å². The fourth-order valence-corrected chi connectivity index (χ4v) is 3.26. The van der Waals surface area contributed by atoms with Gasteiger partial charge in [0.2, 0.25) is 0 Å². The summed E-state index contributed by atoms with van der Waals surface area (Å²) in [6, 6.07) is 20.4. The number of nitrogens with zero attached hydrogens (tertiary/aromatic N) is 3. The van der Waals surface area contributed by atoms with E-state index in [-0.39, 0.29) is 5.71 Å². The first-order valence-electron chi connectivity index (χ1n) is 8.02. The van der Waals surface area contributed by atoms with E-state index in [4.69, 9.17) is 4.42 Å². The van der Waals surface area contributed by atoms with Gasteiger partial charge in [0, 0.05) is 10.8 Å². The lowest BCUT2D eigenvalue weighted by Gasteiger charge is -2.00. The number of nitrogens with one attached hydrogen (secondary N) is 1. The number of hydrazone groups is 1. The van der Waals surface area contributed by atoms with Crippen LogP contribution in [0.15, 0.2) is 80.4 Å². The van der Waals surface area contributed by atoms with Crippen LogP contribution in [-0.2, 0) is 0 Å². The molecule has 0 aliphatic rings. The summed E-state index contributed by atoms with van der Waals surface area (Å²) in [6.45, 7) is 0. The summed E-state index contributed by atoms with van der Waals surface area (Å²) in [5.41, 5.74) is 4.59. The number of nitriles is 1. The Bertz CT molecular complexity index is 1240. The number of fused-ring (bicyclic) bond motifs is 1. The van der Waals surface area contributed by atoms with Gasteiger partial charge in [-0.2, -0.15) is 10.4 Å². The standard InChI is InChI=1S/C20H12N4O2S/c21-11-16(24-23-14-7-2-1-3-8-14)19-22-17(12-27-19)15-10-13-6-4-5-9-18(13)26-20(15)25/h1-10,12,23H/b24-16-. The summed E-state index contributed by atoms with van der Waals surface area (Å²) < 4.78 is 5.35. The number of para-hydroxylation sites is 2. The predicted molar refractivity (Wildman–Crippen MR) is 106 cm³/mol. The molecule has 4 aromatic rings. The first-order chi connectivity index (χ1) is 13.2. The fourth-order valence-electron chi connectivity index (χ4n) is 2.50. The van der Waals surface area contributed by atoms with Crippen LogP contribution >= 0.6 is 11.3 Å². The van der Waals surface area contributed by atoms with Crippen LogP contribution in [0.1, 0.15) is 5.01 Å². The second-order valence-corrected chi connectivity index (χ2v) is 6.43. The molecule has 0 amide bonds. The second-order valence-electron chi connectivity index (χ2n) is 5.57. The van der Waals surface area contributed by atoms with E-state index in [0.717, 1.165) is 11.1 Å². The van der Waals surface area contributed by atoms with Gasteiger partial charge in [-0.3, -0.25) is 5.43 Å². The molecule has 2 aromatic heterocycles. The van der Waals surface area contributed by atoms with Crippen molar-refractivity contribution in [2.45, 2.75) is 0 Å². The van der Waals surface area contributed by atoms with Crippen LogP contribution in [0.25, 0.3) is 22.2 Å². The third kappa shape index (κ3) is 3.47. The van der Waals surface area contributed by atoms with Crippen LogP contribution in [0.3, 0.4) is 0 Å². The van der Waals surface area contributed by atoms with Crippen molar-refractivity contribution < 1.29 is 4.42 Å². The molecular weight excluding hydrogens is 360 g/mol. The van der Waals surface area contributed by atoms with Crippen molar-refractivity contribution in [3.8, 4) is 17.3 Å². The van der Waals surface area contributed by atoms with Crippen molar-refractivity contribution in [2.75, 3.05) is 5.43 Å². The van der Waals surface area contributed by atoms with E-state index in [1.807, 2.05) is 48.5 Å². The molecule has 0 aliphatic carbocycles. The molecular formula is C20H12N4O2S. The largest absolute Gasteiger partial charge is 0.422 e. The summed E-state index contributed by atoms with van der Waals surface area (Å²) in [7, 11) is 0. The number of hydrogen-bond acceptors (Lipinski definition) is 7. The molecule has 0 atom stereocenters. The lowest BCUT2D eigenvalue weighted by molar-refractivity contribution is 0.563. The lowest BCUT2D eigenvalue weighted by atomic mass is 10.1. The lowest BCUT2D eigenvalue weighted by Crippen LogP contribution is -2.04. The zero-order valence-electron chi connectivity index (χ0n) is 13.9. The van der Waals surface area contributed by atoms with E-state index in [9.17, 15) is 10.1 Å². The Hall–Kier alpha value is -3.76. The van der Waals surface area contributed by atoms with E-state index in [1.54, 1.807) is 23.6 Å². The van der Waals surface area contributed by atoms with Gasteiger partial charge in [0.1, 0.15) is 11.7 Å². The van der Waals surface area contributed by atoms with Gasteiger partial charge in [0.05, 0.1) is 16.9 Å². The van der Waals surface area contributed by atoms with Gasteiger partial charge >= 0.3 is 5.63 Å². The number of thiazole rings is 1. The molecule has 0 saturated carbocycles. The molecule has 0 spiro atoms. The Kier molecular flexibility index (Phi) is 4.47. The molecule has 0 aliphatic heterocycles. The van der Waals surface area contributed by atoms with E-state index in [0.29, 0.717) is 21.8 Å². The molecule has 0 fully saturated rings. The summed E-state index contributed by atoms with van der Waals surface area (Å²) in [6.07, 6.45) is 0. The van der Waals surface area contributed by atoms with E-state index >= 15 is 0 Å². The third-order valence-electron chi connectivity index (χ3n) is 3.80. The highest BCUT2D eigenvalue weighted by Crippen LogP contribution is 2.23. The first kappa shape index (κ1) is 16.7. The zero-order chi connectivity index (χ0) is 18.6. The number of anilines is 1. The summed E-state index contributed by atoms with van der Waals surface area (Å²) in [4.78, 5) is 16.7. The third-order valence-corrected chi connectivity index (χ3v) is 4.65. The van der Waals surface area contributed by atoms with Crippen molar-refractivity contribution in [1.29, 1.82) is 5.26 Å². The molecule has 0 unspecified atom stereocenters. The highest BCUT2D eigenvalue weighted by atomic mass is 32.1. The van der Waals surface area contributed by atoms with E-state index < -0.39 is 5.63 Å². The van der Waals surface area contributed by atoms with Crippen molar-refractivity contribution in [3.63, 3.8) is 0 Å². The van der Waals surface area contributed by atoms with Crippen molar-refractivity contribution in [2.24, 2.45) is 5.10 Å². The van der Waals surface area contributed by atoms with Crippen molar-refractivity contribution in [1.82, 2.24) is 4.98 Å². The smallest absolute Gasteiger partial charge is 0.345 e. The topological polar surface area (TPSA) is 91.3 Å². The average Bonchev–Trinajstić information content (AvgIpc) is 3.18. The molecule has 130 valence electrons. The minimum Gasteiger partial charge on any atom is -0.422 e. The minimum atomic E-state index is -0.469. The van der Waals surface area contributed by atoms with Gasteiger partial charge in [-0.25, -0.2) is 9.78 Å². The maximum atomic E-state index is 12.3. The first-order valence-corrected chi connectivity index (χ1v) is 8.90. The molecule has 6 nitrogen and oxygen atoms in total. The van der Waals surface area contributed by atoms with Crippen molar-refractivity contribution >= 4 is 33.7 Å². The number of aromatic nitrogens is 1. The van der Waals surface area contributed by atoms with Crippen LogP contribution in [0.4, 0.5) is 5.69 Å². The van der Waals surface area contributed by atoms with Gasteiger partial charge < -0.3 is 4.42 Å². The maximum absolute atomic E-state index is 12.3. The monoisotopic (exact) mass is 372 g/mol. The second kappa shape index (κ2) is 7.23. The molecule has 4 rings (SSSR count). The normalized spacial score (nSPS) is 11.3. The van der Waals surface area contributed by atoms with Crippen molar-refractivity contribution in [3.05, 3.63) is 81.5 Å². The highest BCUT2D eigenvalue weighted by Gasteiger charge is 2.14. The maximum Gasteiger partial charge on any atom is 0.345 e. The molecule has 0 radical (unpaired) electrons. The molecule has 7 heteroatoms. The summed E-state index contributed by atoms with van der Waals surface area (Å²) in [5, 5.41) is 16.5. The van der Waals surface area contributed by atoms with Gasteiger partial charge in [0.25, 0.3) is 0 Å². The Labute approximate surface area is 158 Å². The summed E-state index contributed by atoms with van der Waals surface area (Å²) >= 11 is 1.24. The SMILES string of the molecule is N#C/C(=N/Nc1ccccc1)c1nc(-c2cc3ccccc3oc2=O)cs1. The molecule has 0 saturated heterocycles. The molecule has 1 N–H and O–H groups in total. The minimum absolute atomic E-state index is 0.139. The van der Waals surface area contributed by atoms with Gasteiger partial charge in [-0.15, -0.1) is 11.3 Å². The molecule has 2 aromatic carbocycles. The van der Waals surface area contributed by atoms with Crippen LogP contribution < -0.4 is 11.1 Å². The number of benzene rings is 2. The number of hydrogen-bond donors (Lipinski definition) is 1. The van der Waals surface area contributed by atoms with Crippen LogP contribution in [0.5, 0.6) is 0 Å². The van der Waals surface area contributed by atoms with Gasteiger partial charge in [-0.1, -0.05) is 36.4 Å². The quantitative estimate of drug-likeness (QED) is 0.328. The Morgan fingerprint density at radius 1 is 1.15 bits per heavy atom. The van der Waals surface area contributed by atoms with Crippen LogP contribution in [0.2, 0.25) is 0 Å². The van der Waals surface area contributed by atoms with Gasteiger partial charge in [-0.05, 0) is 24.3 Å². The van der Waals surface area contributed by atoms with E-state index in [2.05, 4.69) is 15.5 Å². The summed E-state index contributed by atoms with van der Waals surface area (Å²) in [5.74, 6) is 0. The molecule has 0 bridgehead atoms. The average molecular weight is 372 g/mol. The molecule has 2 heterocycles. The van der Waals surface area contributed by atoms with Gasteiger partial charge in [0.15, 0.2) is 10.7 Å². The number of rotatable bonds is 4. The molecule has 27 heavy (non-hydrogen) atoms. The highest BCUT2D eigenvalue weighted by molar-refractivity contribution is 7.12. The Morgan fingerprint density at radius 2 is 1.93 bits per heavy atom. The van der Waals surface area contributed by atoms with Crippen LogP contribution in [0, 0.1) is 11.3 Å². The predicted octanol–water partition coefficient (Wildman–Crippen LogP) is 4.26. The zero-order valence-corrected chi connectivity index (χ0v) is 14.7. The Morgan fingerprint density at radius 3 is 2.74 bits per heavy atom. The fraction of sp³-hybridized carbons (Fsp3) is 0.